The quantitative estimate of drug-likeness (QED) is 0.335. The summed E-state index contributed by atoms with van der Waals surface area (Å²) in [7, 11) is 0. The minimum Gasteiger partial charge on any atom is -0.386 e. The van der Waals surface area contributed by atoms with E-state index >= 15 is 0 Å². The molecule has 2 heterocycles. The van der Waals surface area contributed by atoms with Gasteiger partial charge in [0.1, 0.15) is 0 Å². The van der Waals surface area contributed by atoms with E-state index in [1.54, 1.807) is 0 Å². The van der Waals surface area contributed by atoms with Gasteiger partial charge in [-0.1, -0.05) is 51.3 Å². The zero-order chi connectivity index (χ0) is 28.0. The highest BCUT2D eigenvalue weighted by Gasteiger charge is 2.40. The first-order chi connectivity index (χ1) is 18.4. The van der Waals surface area contributed by atoms with Crippen molar-refractivity contribution in [2.75, 3.05) is 6.54 Å². The van der Waals surface area contributed by atoms with Crippen LogP contribution in [-0.4, -0.2) is 42.7 Å². The predicted octanol–water partition coefficient (Wildman–Crippen LogP) is 5.54. The molecule has 0 atom stereocenters. The van der Waals surface area contributed by atoms with Crippen LogP contribution in [0.1, 0.15) is 113 Å². The number of nitrogens with zero attached hydrogens (tertiary/aromatic N) is 4. The Morgan fingerprint density at radius 3 is 2.46 bits per heavy atom. The van der Waals surface area contributed by atoms with Crippen molar-refractivity contribution in [1.29, 1.82) is 0 Å². The molecule has 5 rings (SSSR count). The summed E-state index contributed by atoms with van der Waals surface area (Å²) in [6.07, 6.45) is 8.63. The van der Waals surface area contributed by atoms with Crippen molar-refractivity contribution in [3.8, 4) is 11.3 Å². The third-order valence-electron chi connectivity index (χ3n) is 9.05. The van der Waals surface area contributed by atoms with Gasteiger partial charge in [0, 0.05) is 29.9 Å². The van der Waals surface area contributed by atoms with Crippen LogP contribution in [0.15, 0.2) is 24.3 Å². The molecule has 2 fully saturated rings. The van der Waals surface area contributed by atoms with Crippen LogP contribution in [0.5, 0.6) is 0 Å². The molecule has 2 aliphatic rings. The number of hydrogen-bond acceptors (Lipinski definition) is 5. The molecule has 0 spiro atoms. The second-order valence-electron chi connectivity index (χ2n) is 13.4. The minimum absolute atomic E-state index is 0.0965. The second kappa shape index (κ2) is 10.2. The van der Waals surface area contributed by atoms with Crippen LogP contribution in [-0.2, 0) is 23.0 Å². The molecule has 0 aliphatic heterocycles. The lowest BCUT2D eigenvalue weighted by molar-refractivity contribution is 0.0785. The molecule has 2 aliphatic carbocycles. The molecule has 8 nitrogen and oxygen atoms in total. The van der Waals surface area contributed by atoms with Crippen molar-refractivity contribution < 1.29 is 9.90 Å². The molecule has 39 heavy (non-hydrogen) atoms. The number of hydrogen-bond donors (Lipinski definition) is 3. The molecule has 0 unspecified atom stereocenters. The van der Waals surface area contributed by atoms with Crippen molar-refractivity contribution in [3.05, 3.63) is 52.5 Å². The van der Waals surface area contributed by atoms with Crippen molar-refractivity contribution in [2.45, 2.75) is 109 Å². The first-order valence-electron chi connectivity index (χ1n) is 14.5. The lowest BCUT2D eigenvalue weighted by Crippen LogP contribution is -2.37. The highest BCUT2D eigenvalue weighted by Crippen LogP contribution is 2.49. The van der Waals surface area contributed by atoms with Gasteiger partial charge in [-0.3, -0.25) is 4.79 Å². The van der Waals surface area contributed by atoms with Crippen molar-refractivity contribution in [2.24, 2.45) is 5.92 Å². The first kappa shape index (κ1) is 27.6. The van der Waals surface area contributed by atoms with E-state index in [-0.39, 0.29) is 11.3 Å². The lowest BCUT2D eigenvalue weighted by Gasteiger charge is -2.26. The SMILES string of the molecule is Cc1c(C(=O)NCC(C)(C)c2nn[nH]n2)cc(-c2cc(C(C)(C)O)cc(C3(C)CC3)c2)n1CC1CCCCC1. The van der Waals surface area contributed by atoms with Gasteiger partial charge < -0.3 is 15.0 Å². The van der Waals surface area contributed by atoms with Crippen molar-refractivity contribution >= 4 is 5.91 Å². The van der Waals surface area contributed by atoms with Crippen LogP contribution in [0.25, 0.3) is 11.3 Å². The third kappa shape index (κ3) is 5.81. The summed E-state index contributed by atoms with van der Waals surface area (Å²) in [6.45, 7) is 13.3. The maximum atomic E-state index is 13.6. The highest BCUT2D eigenvalue weighted by molar-refractivity contribution is 5.97. The zero-order valence-electron chi connectivity index (χ0n) is 24.4. The van der Waals surface area contributed by atoms with Gasteiger partial charge in [0.25, 0.3) is 5.91 Å². The van der Waals surface area contributed by atoms with Gasteiger partial charge in [-0.15, -0.1) is 10.2 Å². The zero-order valence-corrected chi connectivity index (χ0v) is 24.4. The predicted molar refractivity (Wildman–Crippen MR) is 153 cm³/mol. The number of H-pyrrole nitrogens is 1. The lowest BCUT2D eigenvalue weighted by atomic mass is 9.87. The fraction of sp³-hybridized carbons (Fsp3) is 0.613. The smallest absolute Gasteiger partial charge is 0.253 e. The Bertz CT molecular complexity index is 1300. The molecule has 0 radical (unpaired) electrons. The Kier molecular flexibility index (Phi) is 7.20. The minimum atomic E-state index is -0.952. The van der Waals surface area contributed by atoms with E-state index in [1.807, 2.05) is 27.7 Å². The Balaban J connectivity index is 1.53. The molecule has 1 amide bonds. The van der Waals surface area contributed by atoms with E-state index in [4.69, 9.17) is 0 Å². The number of amides is 1. The van der Waals surface area contributed by atoms with Crippen molar-refractivity contribution in [1.82, 2.24) is 30.5 Å². The van der Waals surface area contributed by atoms with Crippen LogP contribution in [0.2, 0.25) is 0 Å². The Hall–Kier alpha value is -3.00. The van der Waals surface area contributed by atoms with Gasteiger partial charge in [-0.25, -0.2) is 0 Å². The summed E-state index contributed by atoms with van der Waals surface area (Å²) in [5.74, 6) is 1.08. The molecule has 2 saturated carbocycles. The number of benzene rings is 1. The maximum absolute atomic E-state index is 13.6. The molecule has 3 N–H and O–H groups in total. The average molecular weight is 533 g/mol. The van der Waals surface area contributed by atoms with Gasteiger partial charge in [-0.05, 0) is 92.7 Å². The van der Waals surface area contributed by atoms with Gasteiger partial charge in [-0.2, -0.15) is 5.21 Å². The number of nitrogens with one attached hydrogen (secondary N) is 2. The van der Waals surface area contributed by atoms with Gasteiger partial charge in [0.2, 0.25) is 0 Å². The number of carbonyl (C=O) groups is 1. The molecule has 0 saturated heterocycles. The van der Waals surface area contributed by atoms with Crippen LogP contribution in [0, 0.1) is 12.8 Å². The van der Waals surface area contributed by atoms with Gasteiger partial charge in [0.15, 0.2) is 5.82 Å². The van der Waals surface area contributed by atoms with Crippen LogP contribution >= 0.6 is 0 Å². The van der Waals surface area contributed by atoms with E-state index in [2.05, 4.69) is 68.6 Å². The Morgan fingerprint density at radius 1 is 1.13 bits per heavy atom. The second-order valence-corrected chi connectivity index (χ2v) is 13.4. The molecule has 210 valence electrons. The van der Waals surface area contributed by atoms with E-state index in [0.717, 1.165) is 41.9 Å². The topological polar surface area (TPSA) is 109 Å². The fourth-order valence-electron chi connectivity index (χ4n) is 5.85. The largest absolute Gasteiger partial charge is 0.386 e. The monoisotopic (exact) mass is 532 g/mol. The first-order valence-corrected chi connectivity index (χ1v) is 14.5. The summed E-state index contributed by atoms with van der Waals surface area (Å²) >= 11 is 0. The van der Waals surface area contributed by atoms with E-state index in [0.29, 0.717) is 23.9 Å². The maximum Gasteiger partial charge on any atom is 0.253 e. The fourth-order valence-corrected chi connectivity index (χ4v) is 5.85. The Labute approximate surface area is 232 Å². The molecular formula is C31H44N6O2. The van der Waals surface area contributed by atoms with E-state index < -0.39 is 11.0 Å². The molecule has 0 bridgehead atoms. The average Bonchev–Trinajstić information content (AvgIpc) is 3.27. The molecule has 3 aromatic rings. The molecule has 2 aromatic heterocycles. The third-order valence-corrected chi connectivity index (χ3v) is 9.05. The van der Waals surface area contributed by atoms with E-state index in [9.17, 15) is 9.90 Å². The molecular weight excluding hydrogens is 488 g/mol. The number of rotatable bonds is 9. The summed E-state index contributed by atoms with van der Waals surface area (Å²) in [5.41, 5.74) is 4.74. The summed E-state index contributed by atoms with van der Waals surface area (Å²) < 4.78 is 2.36. The summed E-state index contributed by atoms with van der Waals surface area (Å²) in [4.78, 5) is 13.6. The number of tetrazole rings is 1. The van der Waals surface area contributed by atoms with E-state index in [1.165, 1.54) is 37.7 Å². The molecule has 8 heteroatoms. The van der Waals surface area contributed by atoms with Crippen LogP contribution in [0.3, 0.4) is 0 Å². The van der Waals surface area contributed by atoms with Crippen molar-refractivity contribution in [3.63, 3.8) is 0 Å². The van der Waals surface area contributed by atoms with Crippen LogP contribution < -0.4 is 5.32 Å². The summed E-state index contributed by atoms with van der Waals surface area (Å²) in [5, 5.41) is 28.5. The normalized spacial score (nSPS) is 17.8. The Morgan fingerprint density at radius 2 is 1.85 bits per heavy atom. The number of aromatic amines is 1. The summed E-state index contributed by atoms with van der Waals surface area (Å²) in [6, 6.07) is 8.63. The standard InChI is InChI=1S/C31H44N6O2/c1-20-25(27(38)32-19-29(2,3)28-33-35-36-34-28)17-26(37(20)18-21-10-8-7-9-11-21)22-14-23(30(4,5)39)16-24(15-22)31(6)12-13-31/h14-17,21,39H,7-13,18-19H2,1-6H3,(H,32,38)(H,33,34,35,36). The highest BCUT2D eigenvalue weighted by atomic mass is 16.3. The van der Waals surface area contributed by atoms with Gasteiger partial charge >= 0.3 is 0 Å². The number of aliphatic hydroxyl groups is 1. The number of aromatic nitrogens is 5. The molecule has 1 aromatic carbocycles. The van der Waals surface area contributed by atoms with Gasteiger partial charge in [0.05, 0.1) is 11.2 Å². The van der Waals surface area contributed by atoms with Crippen LogP contribution in [0.4, 0.5) is 0 Å². The number of carbonyl (C=O) groups excluding carboxylic acids is 1.